The highest BCUT2D eigenvalue weighted by molar-refractivity contribution is 5.71. The maximum absolute atomic E-state index is 12.9. The van der Waals surface area contributed by atoms with E-state index in [9.17, 15) is 14.4 Å². The van der Waals surface area contributed by atoms with Crippen LogP contribution in [0.2, 0.25) is 0 Å². The van der Waals surface area contributed by atoms with E-state index in [-0.39, 0.29) is 31.1 Å². The number of carbonyl (C=O) groups is 3. The molecule has 0 aliphatic heterocycles. The van der Waals surface area contributed by atoms with Gasteiger partial charge in [0.05, 0.1) is 0 Å². The maximum Gasteiger partial charge on any atom is 0.306 e. The molecule has 0 heterocycles. The summed E-state index contributed by atoms with van der Waals surface area (Å²) in [6.07, 6.45) is 75.1. The third kappa shape index (κ3) is 61.0. The summed E-state index contributed by atoms with van der Waals surface area (Å²) >= 11 is 0. The van der Waals surface area contributed by atoms with Crippen molar-refractivity contribution in [1.29, 1.82) is 0 Å². The van der Waals surface area contributed by atoms with Crippen LogP contribution in [0.1, 0.15) is 387 Å². The Morgan fingerprint density at radius 2 is 0.446 bits per heavy atom. The van der Waals surface area contributed by atoms with Crippen LogP contribution in [0.5, 0.6) is 0 Å². The Morgan fingerprint density at radius 1 is 0.257 bits per heavy atom. The lowest BCUT2D eigenvalue weighted by Crippen LogP contribution is -2.30. The molecule has 0 aliphatic rings. The number of carbonyl (C=O) groups excluding carboxylic acids is 3. The van der Waals surface area contributed by atoms with Crippen LogP contribution < -0.4 is 0 Å². The van der Waals surface area contributed by atoms with Gasteiger partial charge in [0.1, 0.15) is 13.2 Å². The van der Waals surface area contributed by atoms with Crippen LogP contribution in [0.3, 0.4) is 0 Å². The largest absolute Gasteiger partial charge is 0.462 e. The molecule has 0 fully saturated rings. The predicted molar refractivity (Wildman–Crippen MR) is 321 cm³/mol. The van der Waals surface area contributed by atoms with Crippen molar-refractivity contribution in [1.82, 2.24) is 0 Å². The zero-order valence-corrected chi connectivity index (χ0v) is 50.4. The van der Waals surface area contributed by atoms with Gasteiger partial charge in [-0.1, -0.05) is 335 Å². The zero-order valence-electron chi connectivity index (χ0n) is 50.4. The quantitative estimate of drug-likeness (QED) is 0.0261. The Balaban J connectivity index is 4.26. The van der Waals surface area contributed by atoms with Crippen molar-refractivity contribution >= 4 is 17.9 Å². The maximum atomic E-state index is 12.9. The van der Waals surface area contributed by atoms with Crippen molar-refractivity contribution in [3.05, 3.63) is 12.2 Å². The van der Waals surface area contributed by atoms with Crippen molar-refractivity contribution < 1.29 is 28.6 Å². The van der Waals surface area contributed by atoms with Gasteiger partial charge in [0.15, 0.2) is 6.10 Å². The molecule has 1 unspecified atom stereocenters. The first kappa shape index (κ1) is 72.2. The first-order valence-electron chi connectivity index (χ1n) is 33.7. The van der Waals surface area contributed by atoms with Gasteiger partial charge in [-0.25, -0.2) is 0 Å². The molecule has 6 nitrogen and oxygen atoms in total. The van der Waals surface area contributed by atoms with Crippen molar-refractivity contribution in [2.24, 2.45) is 0 Å². The summed E-state index contributed by atoms with van der Waals surface area (Å²) in [5.41, 5.74) is 0. The molecular weight excluding hydrogens is 913 g/mol. The van der Waals surface area contributed by atoms with E-state index in [1.807, 2.05) is 0 Å². The predicted octanol–water partition coefficient (Wildman–Crippen LogP) is 22.8. The van der Waals surface area contributed by atoms with Gasteiger partial charge in [0.2, 0.25) is 0 Å². The molecule has 0 aromatic carbocycles. The second-order valence-electron chi connectivity index (χ2n) is 23.1. The van der Waals surface area contributed by atoms with Crippen LogP contribution in [-0.4, -0.2) is 37.2 Å². The Hall–Kier alpha value is -1.85. The number of hydrogen-bond donors (Lipinski definition) is 0. The molecule has 0 spiro atoms. The molecule has 0 amide bonds. The molecule has 0 N–H and O–H groups in total. The topological polar surface area (TPSA) is 78.9 Å². The van der Waals surface area contributed by atoms with Gasteiger partial charge in [-0.3, -0.25) is 14.4 Å². The minimum absolute atomic E-state index is 0.0630. The number of rotatable bonds is 63. The molecule has 74 heavy (non-hydrogen) atoms. The van der Waals surface area contributed by atoms with Crippen molar-refractivity contribution in [3.8, 4) is 0 Å². The number of esters is 3. The highest BCUT2D eigenvalue weighted by Gasteiger charge is 2.19. The lowest BCUT2D eigenvalue weighted by atomic mass is 10.0. The average Bonchev–Trinajstić information content (AvgIpc) is 3.40. The fourth-order valence-corrected chi connectivity index (χ4v) is 10.4. The van der Waals surface area contributed by atoms with Crippen LogP contribution in [0.4, 0.5) is 0 Å². The molecule has 0 bridgehead atoms. The summed E-state index contributed by atoms with van der Waals surface area (Å²) < 4.78 is 17.0. The fraction of sp³-hybridized carbons (Fsp3) is 0.926. The average molecular weight is 1040 g/mol. The third-order valence-corrected chi connectivity index (χ3v) is 15.5. The van der Waals surface area contributed by atoms with Gasteiger partial charge >= 0.3 is 17.9 Å². The fourth-order valence-electron chi connectivity index (χ4n) is 10.4. The highest BCUT2D eigenvalue weighted by Crippen LogP contribution is 2.18. The number of ether oxygens (including phenoxy) is 3. The van der Waals surface area contributed by atoms with Crippen molar-refractivity contribution in [2.75, 3.05) is 13.2 Å². The lowest BCUT2D eigenvalue weighted by molar-refractivity contribution is -0.167. The minimum atomic E-state index is -0.766. The van der Waals surface area contributed by atoms with Crippen molar-refractivity contribution in [3.63, 3.8) is 0 Å². The Kier molecular flexibility index (Phi) is 62.1. The Morgan fingerprint density at radius 3 is 0.676 bits per heavy atom. The van der Waals surface area contributed by atoms with Gasteiger partial charge in [0, 0.05) is 19.3 Å². The van der Waals surface area contributed by atoms with E-state index in [0.29, 0.717) is 19.3 Å². The number of hydrogen-bond acceptors (Lipinski definition) is 6. The van der Waals surface area contributed by atoms with E-state index in [0.717, 1.165) is 57.8 Å². The number of allylic oxidation sites excluding steroid dienone is 2. The Bertz CT molecular complexity index is 1150. The van der Waals surface area contributed by atoms with Crippen LogP contribution in [0, 0.1) is 0 Å². The summed E-state index contributed by atoms with van der Waals surface area (Å²) in [6.45, 7) is 6.73. The van der Waals surface area contributed by atoms with E-state index < -0.39 is 6.10 Å². The molecule has 0 saturated heterocycles. The summed E-state index contributed by atoms with van der Waals surface area (Å²) in [5.74, 6) is -0.829. The summed E-state index contributed by atoms with van der Waals surface area (Å²) in [5, 5.41) is 0. The molecule has 0 radical (unpaired) electrons. The monoisotopic (exact) mass is 1040 g/mol. The molecule has 0 aromatic heterocycles. The van der Waals surface area contributed by atoms with E-state index in [2.05, 4.69) is 32.9 Å². The molecule has 6 heteroatoms. The third-order valence-electron chi connectivity index (χ3n) is 15.5. The van der Waals surface area contributed by atoms with E-state index in [4.69, 9.17) is 14.2 Å². The molecular formula is C68H130O6. The van der Waals surface area contributed by atoms with Gasteiger partial charge in [-0.05, 0) is 44.9 Å². The molecule has 0 rings (SSSR count). The number of unbranched alkanes of at least 4 members (excludes halogenated alkanes) is 50. The van der Waals surface area contributed by atoms with E-state index >= 15 is 0 Å². The lowest BCUT2D eigenvalue weighted by Gasteiger charge is -2.18. The molecule has 0 saturated carbocycles. The molecule has 0 aromatic rings. The van der Waals surface area contributed by atoms with Crippen LogP contribution in [-0.2, 0) is 28.6 Å². The van der Waals surface area contributed by atoms with E-state index in [1.165, 1.54) is 289 Å². The molecule has 1 atom stereocenters. The van der Waals surface area contributed by atoms with Gasteiger partial charge in [-0.15, -0.1) is 0 Å². The first-order chi connectivity index (χ1) is 36.5. The second kappa shape index (κ2) is 63.7. The summed E-state index contributed by atoms with van der Waals surface area (Å²) in [4.78, 5) is 38.4. The molecule has 438 valence electrons. The van der Waals surface area contributed by atoms with Crippen LogP contribution in [0.25, 0.3) is 0 Å². The van der Waals surface area contributed by atoms with Gasteiger partial charge in [0.25, 0.3) is 0 Å². The van der Waals surface area contributed by atoms with Crippen LogP contribution in [0.15, 0.2) is 12.2 Å². The summed E-state index contributed by atoms with van der Waals surface area (Å²) in [6, 6.07) is 0. The second-order valence-corrected chi connectivity index (χ2v) is 23.1. The summed E-state index contributed by atoms with van der Waals surface area (Å²) in [7, 11) is 0. The van der Waals surface area contributed by atoms with Gasteiger partial charge in [-0.2, -0.15) is 0 Å². The van der Waals surface area contributed by atoms with Gasteiger partial charge < -0.3 is 14.2 Å². The Labute approximate surface area is 462 Å². The standard InChI is InChI=1S/C68H130O6/c1-4-7-10-13-16-19-22-25-28-31-32-33-34-35-36-38-40-43-46-49-52-55-58-61-67(70)73-64-65(63-72-66(69)60-57-54-51-48-45-42-39-30-27-24-21-18-15-12-9-6-3)74-68(71)62-59-56-53-50-47-44-41-37-29-26-23-20-17-14-11-8-5-2/h31-32,65H,4-30,33-64H2,1-3H3/b32-31-. The normalized spacial score (nSPS) is 12.0. The molecule has 0 aliphatic carbocycles. The first-order valence-corrected chi connectivity index (χ1v) is 33.7. The zero-order chi connectivity index (χ0) is 53.6. The van der Waals surface area contributed by atoms with E-state index in [1.54, 1.807) is 0 Å². The smallest absolute Gasteiger partial charge is 0.306 e. The SMILES string of the molecule is CCCCCCCCCC/C=C\CCCCCCCCCCCCCC(=O)OCC(COC(=O)CCCCCCCCCCCCCCCCCC)OC(=O)CCCCCCCCCCCCCCCCCCC. The highest BCUT2D eigenvalue weighted by atomic mass is 16.6. The minimum Gasteiger partial charge on any atom is -0.462 e. The van der Waals surface area contributed by atoms with Crippen molar-refractivity contribution in [2.45, 2.75) is 393 Å². The van der Waals surface area contributed by atoms with Crippen LogP contribution >= 0.6 is 0 Å².